The first kappa shape index (κ1) is 13.1. The van der Waals surface area contributed by atoms with Gasteiger partial charge in [0.15, 0.2) is 5.82 Å². The van der Waals surface area contributed by atoms with Crippen LogP contribution in [0.2, 0.25) is 0 Å². The molecular weight excluding hydrogens is 256 g/mol. The standard InChI is InChI=1S/C14H18N4O2/c1-19-13-3-2-10(9-16-13)6-12-17-14(20-18-12)7-11-4-5-15-8-11/h2-3,9,11,15H,4-8H2,1H3. The Hall–Kier alpha value is -1.95. The monoisotopic (exact) mass is 274 g/mol. The van der Waals surface area contributed by atoms with Gasteiger partial charge in [-0.1, -0.05) is 11.2 Å². The van der Waals surface area contributed by atoms with Crippen LogP contribution >= 0.6 is 0 Å². The maximum atomic E-state index is 5.31. The van der Waals surface area contributed by atoms with Crippen molar-refractivity contribution < 1.29 is 9.26 Å². The van der Waals surface area contributed by atoms with Gasteiger partial charge in [0.05, 0.1) is 7.11 Å². The third kappa shape index (κ3) is 3.14. The summed E-state index contributed by atoms with van der Waals surface area (Å²) in [4.78, 5) is 8.61. The largest absolute Gasteiger partial charge is 0.481 e. The fourth-order valence-electron chi connectivity index (χ4n) is 2.40. The van der Waals surface area contributed by atoms with Crippen LogP contribution in [0.1, 0.15) is 23.7 Å². The number of methoxy groups -OCH3 is 1. The van der Waals surface area contributed by atoms with Crippen molar-refractivity contribution in [3.63, 3.8) is 0 Å². The van der Waals surface area contributed by atoms with E-state index in [-0.39, 0.29) is 0 Å². The van der Waals surface area contributed by atoms with Gasteiger partial charge >= 0.3 is 0 Å². The van der Waals surface area contributed by atoms with E-state index in [1.165, 1.54) is 6.42 Å². The topological polar surface area (TPSA) is 73.1 Å². The number of rotatable bonds is 5. The summed E-state index contributed by atoms with van der Waals surface area (Å²) < 4.78 is 10.3. The molecule has 0 saturated carbocycles. The minimum Gasteiger partial charge on any atom is -0.481 e. The van der Waals surface area contributed by atoms with Crippen molar-refractivity contribution in [2.75, 3.05) is 20.2 Å². The molecule has 1 aliphatic heterocycles. The van der Waals surface area contributed by atoms with Gasteiger partial charge in [0.2, 0.25) is 11.8 Å². The molecule has 1 atom stereocenters. The summed E-state index contributed by atoms with van der Waals surface area (Å²) in [5.74, 6) is 2.66. The summed E-state index contributed by atoms with van der Waals surface area (Å²) in [6.07, 6.45) is 4.44. The molecule has 0 amide bonds. The summed E-state index contributed by atoms with van der Waals surface area (Å²) in [7, 11) is 1.60. The van der Waals surface area contributed by atoms with Gasteiger partial charge in [-0.25, -0.2) is 4.98 Å². The van der Waals surface area contributed by atoms with Crippen molar-refractivity contribution >= 4 is 0 Å². The van der Waals surface area contributed by atoms with Crippen LogP contribution < -0.4 is 10.1 Å². The minimum absolute atomic E-state index is 0.608. The summed E-state index contributed by atoms with van der Waals surface area (Å²) in [5, 5.41) is 7.37. The fraction of sp³-hybridized carbons (Fsp3) is 0.500. The first-order valence-corrected chi connectivity index (χ1v) is 6.84. The SMILES string of the molecule is COc1ccc(Cc2noc(CC3CCNC3)n2)cn1. The number of hydrogen-bond acceptors (Lipinski definition) is 6. The molecule has 6 heteroatoms. The van der Waals surface area contributed by atoms with Gasteiger partial charge in [-0.2, -0.15) is 4.98 Å². The molecule has 1 aliphatic rings. The third-order valence-electron chi connectivity index (χ3n) is 3.50. The zero-order valence-corrected chi connectivity index (χ0v) is 11.5. The second-order valence-corrected chi connectivity index (χ2v) is 5.05. The van der Waals surface area contributed by atoms with Crippen LogP contribution in [0.3, 0.4) is 0 Å². The maximum absolute atomic E-state index is 5.31. The highest BCUT2D eigenvalue weighted by Gasteiger charge is 2.18. The molecule has 0 aliphatic carbocycles. The molecule has 0 bridgehead atoms. The van der Waals surface area contributed by atoms with Crippen LogP contribution in [0, 0.1) is 5.92 Å². The normalized spacial score (nSPS) is 18.4. The van der Waals surface area contributed by atoms with E-state index in [2.05, 4.69) is 20.4 Å². The van der Waals surface area contributed by atoms with Gasteiger partial charge in [-0.15, -0.1) is 0 Å². The molecule has 3 rings (SSSR count). The van der Waals surface area contributed by atoms with Gasteiger partial charge in [0.25, 0.3) is 0 Å². The highest BCUT2D eigenvalue weighted by molar-refractivity contribution is 5.20. The predicted molar refractivity (Wildman–Crippen MR) is 72.6 cm³/mol. The van der Waals surface area contributed by atoms with Gasteiger partial charge < -0.3 is 14.6 Å². The lowest BCUT2D eigenvalue weighted by atomic mass is 10.1. The zero-order valence-electron chi connectivity index (χ0n) is 11.5. The molecule has 2 aromatic heterocycles. The summed E-state index contributed by atoms with van der Waals surface area (Å²) in [5.41, 5.74) is 1.04. The first-order valence-electron chi connectivity index (χ1n) is 6.84. The molecule has 0 spiro atoms. The molecule has 0 aromatic carbocycles. The van der Waals surface area contributed by atoms with Crippen molar-refractivity contribution in [2.24, 2.45) is 5.92 Å². The van der Waals surface area contributed by atoms with Crippen LogP contribution in [-0.2, 0) is 12.8 Å². The van der Waals surface area contributed by atoms with E-state index in [0.717, 1.165) is 31.0 Å². The lowest BCUT2D eigenvalue weighted by Gasteiger charge is -2.02. The second-order valence-electron chi connectivity index (χ2n) is 5.05. The average molecular weight is 274 g/mol. The Labute approximate surface area is 117 Å². The number of pyridine rings is 1. The average Bonchev–Trinajstić information content (AvgIpc) is 3.12. The van der Waals surface area contributed by atoms with Gasteiger partial charge in [0, 0.05) is 25.1 Å². The predicted octanol–water partition coefficient (Wildman–Crippen LogP) is 1.22. The number of hydrogen-bond donors (Lipinski definition) is 1. The zero-order chi connectivity index (χ0) is 13.8. The van der Waals surface area contributed by atoms with Crippen molar-refractivity contribution in [3.8, 4) is 5.88 Å². The lowest BCUT2D eigenvalue weighted by molar-refractivity contribution is 0.354. The molecule has 1 fully saturated rings. The Kier molecular flexibility index (Phi) is 3.92. The van der Waals surface area contributed by atoms with Crippen molar-refractivity contribution in [1.82, 2.24) is 20.4 Å². The summed E-state index contributed by atoms with van der Waals surface area (Å²) in [6, 6.07) is 3.79. The number of nitrogens with zero attached hydrogens (tertiary/aromatic N) is 3. The van der Waals surface area contributed by atoms with Crippen LogP contribution in [-0.4, -0.2) is 35.3 Å². The van der Waals surface area contributed by atoms with Crippen molar-refractivity contribution in [1.29, 1.82) is 0 Å². The molecule has 1 N–H and O–H groups in total. The van der Waals surface area contributed by atoms with Crippen LogP contribution in [0.4, 0.5) is 0 Å². The van der Waals surface area contributed by atoms with Crippen LogP contribution in [0.15, 0.2) is 22.9 Å². The van der Waals surface area contributed by atoms with Crippen molar-refractivity contribution in [2.45, 2.75) is 19.3 Å². The fourth-order valence-corrected chi connectivity index (χ4v) is 2.40. The van der Waals surface area contributed by atoms with Gasteiger partial charge in [0.1, 0.15) is 0 Å². The van der Waals surface area contributed by atoms with E-state index < -0.39 is 0 Å². The van der Waals surface area contributed by atoms with E-state index >= 15 is 0 Å². The Balaban J connectivity index is 1.60. The van der Waals surface area contributed by atoms with Crippen molar-refractivity contribution in [3.05, 3.63) is 35.6 Å². The molecule has 6 nitrogen and oxygen atoms in total. The van der Waals surface area contributed by atoms with E-state index in [0.29, 0.717) is 24.0 Å². The van der Waals surface area contributed by atoms with E-state index in [4.69, 9.17) is 9.26 Å². The van der Waals surface area contributed by atoms with Gasteiger partial charge in [-0.3, -0.25) is 0 Å². The smallest absolute Gasteiger partial charge is 0.226 e. The third-order valence-corrected chi connectivity index (χ3v) is 3.50. The Morgan fingerprint density at radius 2 is 2.40 bits per heavy atom. The molecular formula is C14H18N4O2. The lowest BCUT2D eigenvalue weighted by Crippen LogP contribution is -2.10. The van der Waals surface area contributed by atoms with Crippen LogP contribution in [0.25, 0.3) is 0 Å². The molecule has 20 heavy (non-hydrogen) atoms. The number of ether oxygens (including phenoxy) is 1. The second kappa shape index (κ2) is 6.00. The van der Waals surface area contributed by atoms with E-state index in [9.17, 15) is 0 Å². The molecule has 3 heterocycles. The molecule has 1 unspecified atom stereocenters. The minimum atomic E-state index is 0.608. The van der Waals surface area contributed by atoms with Gasteiger partial charge in [-0.05, 0) is 31.0 Å². The number of nitrogens with one attached hydrogen (secondary N) is 1. The Morgan fingerprint density at radius 1 is 1.45 bits per heavy atom. The molecule has 1 saturated heterocycles. The maximum Gasteiger partial charge on any atom is 0.226 e. The highest BCUT2D eigenvalue weighted by Crippen LogP contribution is 2.15. The number of aromatic nitrogens is 3. The first-order chi connectivity index (χ1) is 9.83. The summed E-state index contributed by atoms with van der Waals surface area (Å²) >= 11 is 0. The molecule has 0 radical (unpaired) electrons. The van der Waals surface area contributed by atoms with E-state index in [1.54, 1.807) is 13.3 Å². The van der Waals surface area contributed by atoms with Crippen LogP contribution in [0.5, 0.6) is 5.88 Å². The quantitative estimate of drug-likeness (QED) is 0.883. The van der Waals surface area contributed by atoms with E-state index in [1.807, 2.05) is 12.1 Å². The Morgan fingerprint density at radius 3 is 3.10 bits per heavy atom. The Bertz CT molecular complexity index is 547. The molecule has 2 aromatic rings. The summed E-state index contributed by atoms with van der Waals surface area (Å²) in [6.45, 7) is 2.13. The molecule has 106 valence electrons. The highest BCUT2D eigenvalue weighted by atomic mass is 16.5.